The van der Waals surface area contributed by atoms with Gasteiger partial charge in [-0.3, -0.25) is 9.59 Å². The topological polar surface area (TPSA) is 67.9 Å². The van der Waals surface area contributed by atoms with Crippen LogP contribution in [0.2, 0.25) is 0 Å². The van der Waals surface area contributed by atoms with Crippen LogP contribution in [0.25, 0.3) is 6.08 Å². The smallest absolute Gasteiger partial charge is 0.246 e. The minimum atomic E-state index is -0.275. The van der Waals surface area contributed by atoms with E-state index < -0.39 is 0 Å². The van der Waals surface area contributed by atoms with Gasteiger partial charge in [-0.1, -0.05) is 28.9 Å². The van der Waals surface area contributed by atoms with Crippen LogP contribution in [0.5, 0.6) is 11.5 Å². The van der Waals surface area contributed by atoms with Crippen LogP contribution in [0.4, 0.5) is 5.69 Å². The highest BCUT2D eigenvalue weighted by Crippen LogP contribution is 2.28. The summed E-state index contributed by atoms with van der Waals surface area (Å²) in [5, 5.41) is 2.83. The van der Waals surface area contributed by atoms with E-state index in [2.05, 4.69) is 21.2 Å². The highest BCUT2D eigenvalue weighted by molar-refractivity contribution is 9.10. The Kier molecular flexibility index (Phi) is 8.92. The normalized spacial score (nSPS) is 10.7. The van der Waals surface area contributed by atoms with Crippen LogP contribution in [-0.4, -0.2) is 44.0 Å². The zero-order valence-corrected chi connectivity index (χ0v) is 19.3. The summed E-state index contributed by atoms with van der Waals surface area (Å²) in [4.78, 5) is 26.0. The highest BCUT2D eigenvalue weighted by Gasteiger charge is 2.12. The van der Waals surface area contributed by atoms with Crippen molar-refractivity contribution in [1.29, 1.82) is 0 Å². The van der Waals surface area contributed by atoms with Crippen LogP contribution in [0, 0.1) is 6.92 Å². The number of nitrogens with one attached hydrogen (secondary N) is 1. The van der Waals surface area contributed by atoms with Gasteiger partial charge in [0.05, 0.1) is 20.3 Å². The van der Waals surface area contributed by atoms with E-state index in [1.807, 2.05) is 44.2 Å². The molecule has 0 aliphatic heterocycles. The maximum atomic E-state index is 12.4. The molecule has 0 bridgehead atoms. The number of likely N-dealkylation sites (N-methyl/N-ethyl adjacent to an activating group) is 1. The maximum absolute atomic E-state index is 12.4. The number of halogens is 1. The number of carbonyl (C=O) groups is 2. The van der Waals surface area contributed by atoms with Crippen molar-refractivity contribution in [2.24, 2.45) is 0 Å². The average Bonchev–Trinajstić information content (AvgIpc) is 2.72. The molecule has 0 heterocycles. The number of nitrogens with zero attached hydrogens (tertiary/aromatic N) is 1. The number of ether oxygens (including phenoxy) is 2. The van der Waals surface area contributed by atoms with E-state index >= 15 is 0 Å². The maximum Gasteiger partial charge on any atom is 0.246 e. The van der Waals surface area contributed by atoms with E-state index in [1.54, 1.807) is 26.3 Å². The Morgan fingerprint density at radius 2 is 1.93 bits per heavy atom. The number of anilines is 1. The summed E-state index contributed by atoms with van der Waals surface area (Å²) in [5.74, 6) is 0.738. The zero-order chi connectivity index (χ0) is 22.1. The fraction of sp³-hybridized carbons (Fsp3) is 0.304. The lowest BCUT2D eigenvalue weighted by atomic mass is 10.2. The van der Waals surface area contributed by atoms with Crippen molar-refractivity contribution in [3.63, 3.8) is 0 Å². The van der Waals surface area contributed by atoms with Crippen LogP contribution in [0.3, 0.4) is 0 Å². The second kappa shape index (κ2) is 11.4. The lowest BCUT2D eigenvalue weighted by molar-refractivity contribution is -0.129. The Hall–Kier alpha value is -2.80. The van der Waals surface area contributed by atoms with Crippen LogP contribution in [0.1, 0.15) is 24.5 Å². The van der Waals surface area contributed by atoms with E-state index in [9.17, 15) is 9.59 Å². The van der Waals surface area contributed by atoms with Crippen LogP contribution >= 0.6 is 15.9 Å². The molecule has 6 nitrogen and oxygen atoms in total. The second-order valence-corrected chi connectivity index (χ2v) is 7.71. The third kappa shape index (κ3) is 6.91. The zero-order valence-electron chi connectivity index (χ0n) is 17.7. The quantitative estimate of drug-likeness (QED) is 0.536. The van der Waals surface area contributed by atoms with Crippen LogP contribution in [0.15, 0.2) is 46.9 Å². The molecule has 2 amide bonds. The largest absolute Gasteiger partial charge is 0.493 e. The first-order valence-electron chi connectivity index (χ1n) is 9.64. The molecular formula is C23H27BrN2O4. The molecular weight excluding hydrogens is 448 g/mol. The molecule has 2 aromatic rings. The monoisotopic (exact) mass is 474 g/mol. The Morgan fingerprint density at radius 1 is 1.17 bits per heavy atom. The van der Waals surface area contributed by atoms with E-state index in [1.165, 1.54) is 11.0 Å². The molecule has 0 saturated carbocycles. The molecule has 160 valence electrons. The summed E-state index contributed by atoms with van der Waals surface area (Å²) in [6, 6.07) is 11.1. The summed E-state index contributed by atoms with van der Waals surface area (Å²) >= 11 is 3.39. The van der Waals surface area contributed by atoms with Crippen molar-refractivity contribution < 1.29 is 19.1 Å². The predicted octanol–water partition coefficient (Wildman–Crippen LogP) is 4.67. The molecule has 0 radical (unpaired) electrons. The predicted molar refractivity (Wildman–Crippen MR) is 123 cm³/mol. The summed E-state index contributed by atoms with van der Waals surface area (Å²) < 4.78 is 11.9. The highest BCUT2D eigenvalue weighted by atomic mass is 79.9. The van der Waals surface area contributed by atoms with Gasteiger partial charge in [-0.15, -0.1) is 0 Å². The summed E-state index contributed by atoms with van der Waals surface area (Å²) in [5.41, 5.74) is 2.45. The third-order valence-electron chi connectivity index (χ3n) is 4.29. The molecule has 0 spiro atoms. The van der Waals surface area contributed by atoms with Gasteiger partial charge in [-0.05, 0) is 60.9 Å². The van der Waals surface area contributed by atoms with Gasteiger partial charge in [-0.2, -0.15) is 0 Å². The van der Waals surface area contributed by atoms with Gasteiger partial charge in [0.2, 0.25) is 11.8 Å². The molecule has 1 N–H and O–H groups in total. The van der Waals surface area contributed by atoms with Crippen LogP contribution in [-0.2, 0) is 9.59 Å². The molecule has 7 heteroatoms. The van der Waals surface area contributed by atoms with Gasteiger partial charge < -0.3 is 19.7 Å². The number of benzene rings is 2. The number of methoxy groups -OCH3 is 1. The molecule has 0 aromatic heterocycles. The minimum absolute atomic E-state index is 0.0498. The number of hydrogen-bond acceptors (Lipinski definition) is 4. The fourth-order valence-electron chi connectivity index (χ4n) is 2.66. The van der Waals surface area contributed by atoms with Gasteiger partial charge >= 0.3 is 0 Å². The van der Waals surface area contributed by atoms with Crippen LogP contribution < -0.4 is 14.8 Å². The van der Waals surface area contributed by atoms with E-state index in [-0.39, 0.29) is 18.4 Å². The molecule has 0 saturated heterocycles. The Labute approximate surface area is 186 Å². The van der Waals surface area contributed by atoms with Crippen molar-refractivity contribution in [3.8, 4) is 11.5 Å². The summed E-state index contributed by atoms with van der Waals surface area (Å²) in [7, 11) is 3.16. The van der Waals surface area contributed by atoms with E-state index in [4.69, 9.17) is 9.47 Å². The molecule has 2 aromatic carbocycles. The van der Waals surface area contributed by atoms with Crippen molar-refractivity contribution in [2.75, 3.05) is 32.6 Å². The fourth-order valence-corrected chi connectivity index (χ4v) is 3.14. The van der Waals surface area contributed by atoms with Crippen molar-refractivity contribution in [3.05, 3.63) is 58.1 Å². The molecule has 30 heavy (non-hydrogen) atoms. The first kappa shape index (κ1) is 23.5. The second-order valence-electron chi connectivity index (χ2n) is 6.79. The average molecular weight is 475 g/mol. The SMILES string of the molecule is CCCOc1ccc(/C=C/C(=O)N(C)CC(=O)Nc2ccc(Br)cc2C)cc1OC. The molecule has 2 rings (SSSR count). The van der Waals surface area contributed by atoms with Gasteiger partial charge in [0.25, 0.3) is 0 Å². The first-order chi connectivity index (χ1) is 14.3. The minimum Gasteiger partial charge on any atom is -0.493 e. The van der Waals surface area contributed by atoms with Crippen molar-refractivity contribution >= 4 is 39.5 Å². The Morgan fingerprint density at radius 3 is 2.60 bits per heavy atom. The van der Waals surface area contributed by atoms with Gasteiger partial charge in [0, 0.05) is 23.3 Å². The molecule has 0 aliphatic carbocycles. The molecule has 0 atom stereocenters. The number of carbonyl (C=O) groups excluding carboxylic acids is 2. The molecule has 0 aliphatic rings. The van der Waals surface area contributed by atoms with E-state index in [0.717, 1.165) is 27.7 Å². The number of aryl methyl sites for hydroxylation is 1. The standard InChI is InChI=1S/C23H27BrN2O4/c1-5-12-30-20-10-6-17(14-21(20)29-4)7-11-23(28)26(3)15-22(27)25-19-9-8-18(24)13-16(19)2/h6-11,13-14H,5,12,15H2,1-4H3,(H,25,27)/b11-7+. The number of hydrogen-bond donors (Lipinski definition) is 1. The van der Waals surface area contributed by atoms with Gasteiger partial charge in [0.1, 0.15) is 0 Å². The number of rotatable bonds is 9. The molecule has 0 unspecified atom stereocenters. The molecule has 0 fully saturated rings. The van der Waals surface area contributed by atoms with E-state index in [0.29, 0.717) is 18.1 Å². The van der Waals surface area contributed by atoms with Crippen molar-refractivity contribution in [2.45, 2.75) is 20.3 Å². The lowest BCUT2D eigenvalue weighted by Crippen LogP contribution is -2.34. The summed E-state index contributed by atoms with van der Waals surface area (Å²) in [6.07, 6.45) is 4.02. The Bertz CT molecular complexity index is 927. The van der Waals surface area contributed by atoms with Gasteiger partial charge in [0.15, 0.2) is 11.5 Å². The summed E-state index contributed by atoms with van der Waals surface area (Å²) in [6.45, 7) is 4.50. The third-order valence-corrected chi connectivity index (χ3v) is 4.78. The first-order valence-corrected chi connectivity index (χ1v) is 10.4. The Balaban J connectivity index is 1.96. The number of amides is 2. The lowest BCUT2D eigenvalue weighted by Gasteiger charge is -2.16. The van der Waals surface area contributed by atoms with Gasteiger partial charge in [-0.25, -0.2) is 0 Å². The van der Waals surface area contributed by atoms with Crippen molar-refractivity contribution in [1.82, 2.24) is 4.90 Å².